The summed E-state index contributed by atoms with van der Waals surface area (Å²) in [6.07, 6.45) is 1.02. The summed E-state index contributed by atoms with van der Waals surface area (Å²) in [7, 11) is 0. The number of benzene rings is 3. The summed E-state index contributed by atoms with van der Waals surface area (Å²) in [6.45, 7) is 7.86. The van der Waals surface area contributed by atoms with Gasteiger partial charge in [-0.2, -0.15) is 0 Å². The van der Waals surface area contributed by atoms with Gasteiger partial charge in [0.25, 0.3) is 0 Å². The number of amides is 1. The normalized spacial score (nSPS) is 21.0. The number of carbonyl (C=O) groups excluding carboxylic acids is 1. The van der Waals surface area contributed by atoms with Crippen LogP contribution in [0.15, 0.2) is 72.8 Å². The van der Waals surface area contributed by atoms with Gasteiger partial charge in [-0.05, 0) is 77.4 Å². The first-order chi connectivity index (χ1) is 15.8. The van der Waals surface area contributed by atoms with E-state index in [1.807, 2.05) is 24.3 Å². The van der Waals surface area contributed by atoms with Crippen LogP contribution in [0.2, 0.25) is 0 Å². The highest BCUT2D eigenvalue weighted by atomic mass is 19.1. The standard InChI is InChI=1S/C28H31FN2O2/c1-20-17-31(15-14-28(20,2)24-5-3-4-23(16-24)27(30)32)18-21-8-12-26(13-9-21)33-19-22-6-10-25(29)11-7-22/h3-13,16,20H,14-15,17-19H2,1-2H3,(H2,30,32)/t20?,28-/m1/s1. The van der Waals surface area contributed by atoms with Gasteiger partial charge in [-0.25, -0.2) is 4.39 Å². The Balaban J connectivity index is 1.34. The third-order valence-electron chi connectivity index (χ3n) is 7.02. The number of rotatable bonds is 7. The van der Waals surface area contributed by atoms with E-state index >= 15 is 0 Å². The van der Waals surface area contributed by atoms with Gasteiger partial charge in [0.15, 0.2) is 0 Å². The molecule has 2 atom stereocenters. The maximum Gasteiger partial charge on any atom is 0.248 e. The molecule has 1 saturated heterocycles. The Kier molecular flexibility index (Phi) is 6.80. The van der Waals surface area contributed by atoms with E-state index in [1.54, 1.807) is 18.2 Å². The second-order valence-corrected chi connectivity index (χ2v) is 9.31. The topological polar surface area (TPSA) is 55.6 Å². The van der Waals surface area contributed by atoms with Crippen molar-refractivity contribution in [2.24, 2.45) is 11.7 Å². The molecule has 33 heavy (non-hydrogen) atoms. The van der Waals surface area contributed by atoms with E-state index < -0.39 is 0 Å². The van der Waals surface area contributed by atoms with Crippen molar-refractivity contribution in [3.05, 3.63) is 101 Å². The molecule has 172 valence electrons. The molecule has 1 heterocycles. The van der Waals surface area contributed by atoms with E-state index in [9.17, 15) is 9.18 Å². The van der Waals surface area contributed by atoms with E-state index in [-0.39, 0.29) is 17.1 Å². The van der Waals surface area contributed by atoms with E-state index in [1.165, 1.54) is 23.3 Å². The highest BCUT2D eigenvalue weighted by Crippen LogP contribution is 2.40. The number of nitrogens with two attached hydrogens (primary N) is 1. The summed E-state index contributed by atoms with van der Waals surface area (Å²) < 4.78 is 18.9. The molecule has 3 aromatic rings. The van der Waals surface area contributed by atoms with Crippen LogP contribution in [-0.2, 0) is 18.6 Å². The van der Waals surface area contributed by atoms with Gasteiger partial charge in [-0.3, -0.25) is 9.69 Å². The van der Waals surface area contributed by atoms with Crippen molar-refractivity contribution in [2.75, 3.05) is 13.1 Å². The van der Waals surface area contributed by atoms with Crippen LogP contribution < -0.4 is 10.5 Å². The molecule has 4 rings (SSSR count). The van der Waals surface area contributed by atoms with Crippen molar-refractivity contribution in [1.29, 1.82) is 0 Å². The number of primary amides is 1. The molecule has 0 spiro atoms. The quantitative estimate of drug-likeness (QED) is 0.536. The number of ether oxygens (including phenoxy) is 1. The average Bonchev–Trinajstić information content (AvgIpc) is 2.82. The number of nitrogens with zero attached hydrogens (tertiary/aromatic N) is 1. The Morgan fingerprint density at radius 3 is 2.45 bits per heavy atom. The molecular formula is C28H31FN2O2. The van der Waals surface area contributed by atoms with Crippen LogP contribution in [-0.4, -0.2) is 23.9 Å². The number of likely N-dealkylation sites (tertiary alicyclic amines) is 1. The lowest BCUT2D eigenvalue weighted by Gasteiger charge is -2.45. The molecule has 0 aliphatic carbocycles. The summed E-state index contributed by atoms with van der Waals surface area (Å²) in [4.78, 5) is 14.1. The van der Waals surface area contributed by atoms with Crippen molar-refractivity contribution < 1.29 is 13.9 Å². The molecule has 0 aromatic heterocycles. The lowest BCUT2D eigenvalue weighted by Crippen LogP contribution is -2.47. The van der Waals surface area contributed by atoms with Crippen LogP contribution in [0, 0.1) is 11.7 Å². The smallest absolute Gasteiger partial charge is 0.248 e. The fourth-order valence-electron chi connectivity index (χ4n) is 4.61. The molecular weight excluding hydrogens is 415 g/mol. The Morgan fingerprint density at radius 1 is 1.09 bits per heavy atom. The highest BCUT2D eigenvalue weighted by molar-refractivity contribution is 5.92. The van der Waals surface area contributed by atoms with Gasteiger partial charge in [0.2, 0.25) is 5.91 Å². The summed E-state index contributed by atoms with van der Waals surface area (Å²) in [5.74, 6) is 0.620. The van der Waals surface area contributed by atoms with Gasteiger partial charge < -0.3 is 10.5 Å². The molecule has 1 fully saturated rings. The predicted octanol–water partition coefficient (Wildman–Crippen LogP) is 5.30. The lowest BCUT2D eigenvalue weighted by atomic mass is 9.68. The van der Waals surface area contributed by atoms with Gasteiger partial charge >= 0.3 is 0 Å². The van der Waals surface area contributed by atoms with Gasteiger partial charge in [0.1, 0.15) is 18.2 Å². The molecule has 0 radical (unpaired) electrons. The molecule has 1 amide bonds. The van der Waals surface area contributed by atoms with Crippen LogP contribution in [0.4, 0.5) is 4.39 Å². The Labute approximate surface area is 195 Å². The molecule has 5 heteroatoms. The zero-order chi connectivity index (χ0) is 23.4. The second-order valence-electron chi connectivity index (χ2n) is 9.31. The predicted molar refractivity (Wildman–Crippen MR) is 129 cm³/mol. The van der Waals surface area contributed by atoms with E-state index in [0.29, 0.717) is 18.1 Å². The number of hydrogen-bond donors (Lipinski definition) is 1. The van der Waals surface area contributed by atoms with Gasteiger partial charge in [-0.1, -0.05) is 50.2 Å². The second kappa shape index (κ2) is 9.75. The zero-order valence-electron chi connectivity index (χ0n) is 19.3. The number of hydrogen-bond acceptors (Lipinski definition) is 3. The van der Waals surface area contributed by atoms with E-state index in [2.05, 4.69) is 36.9 Å². The van der Waals surface area contributed by atoms with E-state index in [0.717, 1.165) is 37.4 Å². The minimum Gasteiger partial charge on any atom is -0.489 e. The van der Waals surface area contributed by atoms with Crippen molar-refractivity contribution in [1.82, 2.24) is 4.90 Å². The Hall–Kier alpha value is -3.18. The van der Waals surface area contributed by atoms with E-state index in [4.69, 9.17) is 10.5 Å². The van der Waals surface area contributed by atoms with Crippen molar-refractivity contribution in [3.63, 3.8) is 0 Å². The summed E-state index contributed by atoms with van der Waals surface area (Å²) in [5.41, 5.74) is 9.45. The largest absolute Gasteiger partial charge is 0.489 e. The first kappa shape index (κ1) is 23.0. The number of piperidine rings is 1. The maximum absolute atomic E-state index is 13.0. The zero-order valence-corrected chi connectivity index (χ0v) is 19.3. The molecule has 4 nitrogen and oxygen atoms in total. The molecule has 1 unspecified atom stereocenters. The van der Waals surface area contributed by atoms with Gasteiger partial charge in [0.05, 0.1) is 0 Å². The summed E-state index contributed by atoms with van der Waals surface area (Å²) >= 11 is 0. The molecule has 0 saturated carbocycles. The monoisotopic (exact) mass is 446 g/mol. The molecule has 2 N–H and O–H groups in total. The lowest BCUT2D eigenvalue weighted by molar-refractivity contribution is 0.0996. The molecule has 1 aliphatic heterocycles. The Bertz CT molecular complexity index is 1100. The highest BCUT2D eigenvalue weighted by Gasteiger charge is 2.38. The van der Waals surface area contributed by atoms with Crippen molar-refractivity contribution >= 4 is 5.91 Å². The van der Waals surface area contributed by atoms with Crippen LogP contribution in [0.3, 0.4) is 0 Å². The van der Waals surface area contributed by atoms with Crippen LogP contribution >= 0.6 is 0 Å². The minimum absolute atomic E-state index is 0.0139. The minimum atomic E-state index is -0.379. The molecule has 1 aliphatic rings. The SMILES string of the molecule is CC1CN(Cc2ccc(OCc3ccc(F)cc3)cc2)CC[C@@]1(C)c1cccc(C(N)=O)c1. The number of carbonyl (C=O) groups is 1. The third kappa shape index (κ3) is 5.42. The van der Waals surface area contributed by atoms with Gasteiger partial charge in [0, 0.05) is 18.7 Å². The molecule has 0 bridgehead atoms. The van der Waals surface area contributed by atoms with Gasteiger partial charge in [-0.15, -0.1) is 0 Å². The summed E-state index contributed by atoms with van der Waals surface area (Å²) in [5, 5.41) is 0. The van der Waals surface area contributed by atoms with Crippen LogP contribution in [0.5, 0.6) is 5.75 Å². The maximum atomic E-state index is 13.0. The fraction of sp³-hybridized carbons (Fsp3) is 0.321. The Morgan fingerprint density at radius 2 is 1.79 bits per heavy atom. The van der Waals surface area contributed by atoms with Crippen molar-refractivity contribution in [3.8, 4) is 5.75 Å². The number of halogens is 1. The first-order valence-corrected chi connectivity index (χ1v) is 11.4. The van der Waals surface area contributed by atoms with Crippen molar-refractivity contribution in [2.45, 2.75) is 38.8 Å². The molecule has 3 aromatic carbocycles. The third-order valence-corrected chi connectivity index (χ3v) is 7.02. The average molecular weight is 447 g/mol. The first-order valence-electron chi connectivity index (χ1n) is 11.4. The fourth-order valence-corrected chi connectivity index (χ4v) is 4.61. The van der Waals surface area contributed by atoms with Crippen LogP contribution in [0.1, 0.15) is 47.3 Å². The van der Waals surface area contributed by atoms with Crippen LogP contribution in [0.25, 0.3) is 0 Å². The summed E-state index contributed by atoms with van der Waals surface area (Å²) in [6, 6.07) is 22.3.